The highest BCUT2D eigenvalue weighted by atomic mass is 35.5. The molecule has 1 rings (SSSR count). The first kappa shape index (κ1) is 19.7. The largest absolute Gasteiger partial charge is 0.486 e. The van der Waals surface area contributed by atoms with Crippen LogP contribution in [0.1, 0.15) is 27.2 Å². The van der Waals surface area contributed by atoms with E-state index in [0.29, 0.717) is 0 Å². The molecule has 0 saturated carbocycles. The number of nitrogens with one attached hydrogen (secondary N) is 1. The Hall–Kier alpha value is -1.33. The Labute approximate surface area is 131 Å². The van der Waals surface area contributed by atoms with Crippen LogP contribution in [0.4, 0.5) is 4.39 Å². The quantitative estimate of drug-likeness (QED) is 0.812. The number of ether oxygens (including phenoxy) is 1. The number of rotatable bonds is 7. The molecule has 3 atom stereocenters. The van der Waals surface area contributed by atoms with Crippen LogP contribution in [0.5, 0.6) is 5.75 Å². The van der Waals surface area contributed by atoms with Crippen molar-refractivity contribution in [2.24, 2.45) is 11.7 Å². The highest BCUT2D eigenvalue weighted by Gasteiger charge is 2.19. The summed E-state index contributed by atoms with van der Waals surface area (Å²) in [4.78, 5) is 11.8. The van der Waals surface area contributed by atoms with Gasteiger partial charge in [0, 0.05) is 0 Å². The molecule has 0 fully saturated rings. The maximum Gasteiger partial charge on any atom is 0.237 e. The zero-order valence-corrected chi connectivity index (χ0v) is 13.5. The van der Waals surface area contributed by atoms with Gasteiger partial charge in [0.25, 0.3) is 0 Å². The van der Waals surface area contributed by atoms with E-state index in [-0.39, 0.29) is 42.6 Å². The SMILES string of the molecule is CCC(C)C(N)C(=O)NCC(C)Oc1ccccc1F.Cl. The predicted octanol–water partition coefficient (Wildman–Crippen LogP) is 2.50. The van der Waals surface area contributed by atoms with Gasteiger partial charge < -0.3 is 15.8 Å². The van der Waals surface area contributed by atoms with Crippen molar-refractivity contribution in [2.45, 2.75) is 39.3 Å². The summed E-state index contributed by atoms with van der Waals surface area (Å²) in [7, 11) is 0. The molecule has 0 radical (unpaired) electrons. The Morgan fingerprint density at radius 3 is 2.57 bits per heavy atom. The molecule has 0 saturated heterocycles. The molecule has 0 aliphatic rings. The number of nitrogens with two attached hydrogens (primary N) is 1. The third-order valence-electron chi connectivity index (χ3n) is 3.29. The second-order valence-corrected chi connectivity index (χ2v) is 5.02. The van der Waals surface area contributed by atoms with Crippen LogP contribution >= 0.6 is 12.4 Å². The minimum absolute atomic E-state index is 0. The summed E-state index contributed by atoms with van der Waals surface area (Å²) in [5.41, 5.74) is 5.82. The van der Waals surface area contributed by atoms with Gasteiger partial charge in [0.2, 0.25) is 5.91 Å². The average molecular weight is 319 g/mol. The summed E-state index contributed by atoms with van der Waals surface area (Å²) in [5, 5.41) is 2.73. The molecule has 1 aromatic carbocycles. The fraction of sp³-hybridized carbons (Fsp3) is 0.533. The van der Waals surface area contributed by atoms with E-state index in [1.165, 1.54) is 6.07 Å². The second kappa shape index (κ2) is 9.58. The minimum atomic E-state index is -0.527. The van der Waals surface area contributed by atoms with Gasteiger partial charge >= 0.3 is 0 Å². The molecular weight excluding hydrogens is 295 g/mol. The first-order valence-electron chi connectivity index (χ1n) is 6.90. The molecule has 21 heavy (non-hydrogen) atoms. The molecule has 0 spiro atoms. The van der Waals surface area contributed by atoms with E-state index >= 15 is 0 Å². The van der Waals surface area contributed by atoms with Gasteiger partial charge in [-0.25, -0.2) is 4.39 Å². The number of para-hydroxylation sites is 1. The zero-order valence-electron chi connectivity index (χ0n) is 12.6. The number of carbonyl (C=O) groups excluding carboxylic acids is 1. The molecule has 1 aromatic rings. The topological polar surface area (TPSA) is 64.4 Å². The summed E-state index contributed by atoms with van der Waals surface area (Å²) in [6.07, 6.45) is 0.510. The van der Waals surface area contributed by atoms with Crippen LogP contribution in [0.15, 0.2) is 24.3 Å². The van der Waals surface area contributed by atoms with Gasteiger partial charge in [-0.15, -0.1) is 12.4 Å². The lowest BCUT2D eigenvalue weighted by Gasteiger charge is -2.20. The van der Waals surface area contributed by atoms with Gasteiger partial charge in [0.15, 0.2) is 11.6 Å². The van der Waals surface area contributed by atoms with Crippen LogP contribution in [-0.2, 0) is 4.79 Å². The summed E-state index contributed by atoms with van der Waals surface area (Å²) in [6.45, 7) is 5.98. The monoisotopic (exact) mass is 318 g/mol. The van der Waals surface area contributed by atoms with E-state index in [4.69, 9.17) is 10.5 Å². The highest BCUT2D eigenvalue weighted by Crippen LogP contribution is 2.16. The Kier molecular flexibility index (Phi) is 8.97. The van der Waals surface area contributed by atoms with Crippen molar-refractivity contribution >= 4 is 18.3 Å². The van der Waals surface area contributed by atoms with Gasteiger partial charge in [-0.05, 0) is 25.0 Å². The Morgan fingerprint density at radius 2 is 2.00 bits per heavy atom. The molecule has 0 heterocycles. The van der Waals surface area contributed by atoms with Crippen LogP contribution in [0.25, 0.3) is 0 Å². The third kappa shape index (κ3) is 6.31. The van der Waals surface area contributed by atoms with Crippen molar-refractivity contribution in [3.63, 3.8) is 0 Å². The summed E-state index contributed by atoms with van der Waals surface area (Å²) >= 11 is 0. The van der Waals surface area contributed by atoms with Crippen LogP contribution in [0, 0.1) is 11.7 Å². The predicted molar refractivity (Wildman–Crippen MR) is 84.2 cm³/mol. The van der Waals surface area contributed by atoms with Crippen molar-refractivity contribution < 1.29 is 13.9 Å². The minimum Gasteiger partial charge on any atom is -0.486 e. The van der Waals surface area contributed by atoms with E-state index < -0.39 is 11.9 Å². The summed E-state index contributed by atoms with van der Waals surface area (Å²) in [5.74, 6) is -0.316. The van der Waals surface area contributed by atoms with Gasteiger partial charge in [-0.3, -0.25) is 4.79 Å². The number of benzene rings is 1. The number of hydrogen-bond acceptors (Lipinski definition) is 3. The van der Waals surface area contributed by atoms with E-state index in [0.717, 1.165) is 6.42 Å². The number of amides is 1. The van der Waals surface area contributed by atoms with E-state index in [1.54, 1.807) is 25.1 Å². The lowest BCUT2D eigenvalue weighted by molar-refractivity contribution is -0.123. The number of halogens is 2. The van der Waals surface area contributed by atoms with E-state index in [9.17, 15) is 9.18 Å². The van der Waals surface area contributed by atoms with Crippen molar-refractivity contribution in [1.29, 1.82) is 0 Å². The fourth-order valence-corrected chi connectivity index (χ4v) is 1.67. The average Bonchev–Trinajstić information content (AvgIpc) is 2.45. The molecule has 120 valence electrons. The molecule has 6 heteroatoms. The first-order valence-corrected chi connectivity index (χ1v) is 6.90. The standard InChI is InChI=1S/C15H23FN2O2.ClH/c1-4-10(2)14(17)15(19)18-9-11(3)20-13-8-6-5-7-12(13)16;/h5-8,10-11,14H,4,9,17H2,1-3H3,(H,18,19);1H. The van der Waals surface area contributed by atoms with Gasteiger partial charge in [0.1, 0.15) is 6.10 Å². The van der Waals surface area contributed by atoms with E-state index in [1.807, 2.05) is 13.8 Å². The van der Waals surface area contributed by atoms with Crippen LogP contribution in [0.3, 0.4) is 0 Å². The lowest BCUT2D eigenvalue weighted by atomic mass is 9.99. The van der Waals surface area contributed by atoms with Gasteiger partial charge in [0.05, 0.1) is 12.6 Å². The normalized spacial score (nSPS) is 14.5. The maximum atomic E-state index is 13.4. The molecule has 4 nitrogen and oxygen atoms in total. The first-order chi connectivity index (χ1) is 9.45. The molecule has 0 bridgehead atoms. The molecule has 3 N–H and O–H groups in total. The van der Waals surface area contributed by atoms with Gasteiger partial charge in [-0.2, -0.15) is 0 Å². The summed E-state index contributed by atoms with van der Waals surface area (Å²) in [6, 6.07) is 5.65. The van der Waals surface area contributed by atoms with Crippen molar-refractivity contribution in [3.05, 3.63) is 30.1 Å². The zero-order chi connectivity index (χ0) is 15.1. The highest BCUT2D eigenvalue weighted by molar-refractivity contribution is 5.85. The van der Waals surface area contributed by atoms with Crippen molar-refractivity contribution in [2.75, 3.05) is 6.54 Å². The third-order valence-corrected chi connectivity index (χ3v) is 3.29. The maximum absolute atomic E-state index is 13.4. The Balaban J connectivity index is 0.00000400. The van der Waals surface area contributed by atoms with Crippen molar-refractivity contribution in [1.82, 2.24) is 5.32 Å². The molecule has 0 aliphatic carbocycles. The smallest absolute Gasteiger partial charge is 0.237 e. The second-order valence-electron chi connectivity index (χ2n) is 5.02. The van der Waals surface area contributed by atoms with Gasteiger partial charge in [-0.1, -0.05) is 32.4 Å². The lowest BCUT2D eigenvalue weighted by Crippen LogP contribution is -2.47. The molecule has 0 aliphatic heterocycles. The molecule has 0 aromatic heterocycles. The number of hydrogen-bond donors (Lipinski definition) is 2. The molecule has 1 amide bonds. The van der Waals surface area contributed by atoms with Crippen LogP contribution < -0.4 is 15.8 Å². The van der Waals surface area contributed by atoms with Crippen molar-refractivity contribution in [3.8, 4) is 5.75 Å². The molecule has 3 unspecified atom stereocenters. The summed E-state index contributed by atoms with van der Waals surface area (Å²) < 4.78 is 18.8. The fourth-order valence-electron chi connectivity index (χ4n) is 1.67. The molecular formula is C15H24ClFN2O2. The van der Waals surface area contributed by atoms with Crippen LogP contribution in [-0.4, -0.2) is 24.6 Å². The number of carbonyl (C=O) groups is 1. The Morgan fingerprint density at radius 1 is 1.38 bits per heavy atom. The Bertz CT molecular complexity index is 445. The van der Waals surface area contributed by atoms with Crippen LogP contribution in [0.2, 0.25) is 0 Å². The van der Waals surface area contributed by atoms with E-state index in [2.05, 4.69) is 5.32 Å².